The molecule has 2 heterocycles. The van der Waals surface area contributed by atoms with Crippen molar-refractivity contribution in [2.75, 3.05) is 48.6 Å². The Hall–Kier alpha value is -7.16. The fourth-order valence-corrected chi connectivity index (χ4v) is 10.9. The number of hydrogen-bond donors (Lipinski definition) is 3. The molecular formula is C59H61ClF5N7O6S. The van der Waals surface area contributed by atoms with Gasteiger partial charge in [0.1, 0.15) is 34.1 Å². The van der Waals surface area contributed by atoms with E-state index >= 15 is 8.78 Å². The number of nitrogens with one attached hydrogen (secondary N) is 3. The number of hydrogen-bond acceptors (Lipinski definition) is 10. The number of amides is 3. The topological polar surface area (TPSA) is 169 Å². The largest absolute Gasteiger partial charge is 0.495 e. The van der Waals surface area contributed by atoms with E-state index in [9.17, 15) is 38.1 Å². The molecule has 5 aromatic carbocycles. The van der Waals surface area contributed by atoms with E-state index in [0.29, 0.717) is 56.2 Å². The van der Waals surface area contributed by atoms with Crippen molar-refractivity contribution in [1.29, 1.82) is 10.5 Å². The number of thiocarbonyl (C=S) groups is 1. The first kappa shape index (κ1) is 59.5. The number of aryl methyl sites for hydroxylation is 1. The van der Waals surface area contributed by atoms with Crippen LogP contribution < -0.4 is 35.2 Å². The summed E-state index contributed by atoms with van der Waals surface area (Å²) in [6, 6.07) is 25.1. The van der Waals surface area contributed by atoms with Gasteiger partial charge in [0.25, 0.3) is 11.8 Å². The van der Waals surface area contributed by atoms with E-state index in [-0.39, 0.29) is 49.9 Å². The maximum absolute atomic E-state index is 16.2. The second-order valence-corrected chi connectivity index (χ2v) is 22.0. The lowest BCUT2D eigenvalue weighted by atomic mass is 9.62. The summed E-state index contributed by atoms with van der Waals surface area (Å²) >= 11 is 11.9. The summed E-state index contributed by atoms with van der Waals surface area (Å²) in [7, 11) is 1.38. The number of benzene rings is 5. The molecule has 2 aliphatic heterocycles. The highest BCUT2D eigenvalue weighted by molar-refractivity contribution is 7.81. The highest BCUT2D eigenvalue weighted by Gasteiger charge is 2.61. The Kier molecular flexibility index (Phi) is 18.4. The summed E-state index contributed by atoms with van der Waals surface area (Å²) in [4.78, 5) is 44.0. The van der Waals surface area contributed by atoms with Crippen molar-refractivity contribution < 1.29 is 50.5 Å². The molecule has 416 valence electrons. The molecule has 7 rings (SSSR count). The van der Waals surface area contributed by atoms with Crippen LogP contribution in [0.5, 0.6) is 11.5 Å². The maximum Gasteiger partial charge on any atom is 0.417 e. The number of unbranched alkanes of at least 4 members (excludes halogenated alkanes) is 2. The molecule has 79 heavy (non-hydrogen) atoms. The Bertz CT molecular complexity index is 3190. The lowest BCUT2D eigenvalue weighted by Crippen LogP contribution is -2.45. The zero-order valence-electron chi connectivity index (χ0n) is 44.7. The first-order valence-corrected chi connectivity index (χ1v) is 26.4. The van der Waals surface area contributed by atoms with E-state index in [4.69, 9.17) is 38.0 Å². The smallest absolute Gasteiger partial charge is 0.417 e. The van der Waals surface area contributed by atoms with Gasteiger partial charge < -0.3 is 35.1 Å². The number of halogens is 6. The van der Waals surface area contributed by atoms with Gasteiger partial charge in [-0.25, -0.2) is 8.78 Å². The number of methoxy groups -OCH3 is 1. The molecule has 4 atom stereocenters. The molecule has 0 radical (unpaired) electrons. The number of carbonyl (C=O) groups excluding carboxylic acids is 3. The second-order valence-electron chi connectivity index (χ2n) is 21.2. The van der Waals surface area contributed by atoms with Gasteiger partial charge in [0.2, 0.25) is 5.91 Å². The van der Waals surface area contributed by atoms with Gasteiger partial charge in [0, 0.05) is 48.5 Å². The summed E-state index contributed by atoms with van der Waals surface area (Å²) in [5.41, 5.74) is -3.62. The van der Waals surface area contributed by atoms with E-state index in [1.54, 1.807) is 62.1 Å². The molecule has 0 aromatic heterocycles. The first-order valence-electron chi connectivity index (χ1n) is 25.6. The van der Waals surface area contributed by atoms with Crippen LogP contribution in [0.15, 0.2) is 97.1 Å². The van der Waals surface area contributed by atoms with Gasteiger partial charge >= 0.3 is 6.18 Å². The fraction of sp³-hybridized carbons (Fsp3) is 0.390. The number of nitriles is 2. The Morgan fingerprint density at radius 3 is 2.24 bits per heavy atom. The van der Waals surface area contributed by atoms with E-state index in [2.05, 4.69) is 22.0 Å². The van der Waals surface area contributed by atoms with Crippen molar-refractivity contribution in [2.24, 2.45) is 5.41 Å². The number of nitrogens with zero attached hydrogens (tertiary/aromatic N) is 4. The van der Waals surface area contributed by atoms with Gasteiger partial charge in [-0.1, -0.05) is 56.6 Å². The Morgan fingerprint density at radius 1 is 0.886 bits per heavy atom. The molecule has 20 heteroatoms. The Morgan fingerprint density at radius 2 is 1.58 bits per heavy atom. The maximum atomic E-state index is 16.2. The van der Waals surface area contributed by atoms with Gasteiger partial charge in [-0.2, -0.15) is 23.7 Å². The van der Waals surface area contributed by atoms with Crippen molar-refractivity contribution in [3.63, 3.8) is 0 Å². The van der Waals surface area contributed by atoms with Crippen LogP contribution in [0.4, 0.5) is 39.0 Å². The second kappa shape index (κ2) is 24.5. The van der Waals surface area contributed by atoms with Crippen LogP contribution in [0.1, 0.15) is 111 Å². The highest BCUT2D eigenvalue weighted by atomic mass is 35.5. The fourth-order valence-electron chi connectivity index (χ4n) is 10.2. The number of rotatable bonds is 20. The van der Waals surface area contributed by atoms with Gasteiger partial charge in [0.05, 0.1) is 59.4 Å². The van der Waals surface area contributed by atoms with Gasteiger partial charge in [-0.15, -0.1) is 0 Å². The molecule has 2 saturated heterocycles. The Labute approximate surface area is 467 Å². The summed E-state index contributed by atoms with van der Waals surface area (Å²) in [5, 5.41) is 29.3. The SMILES string of the molecule is COc1cc(C(=O)NCCCOCCCCCOc2ccc(N3C(=S)N(c4ccc(C#N)c(C(F)(F)F)c4)C(=O)C3(C)C)cc2)ccc1NC(=O)C1N[C@@H](CC(C)(C)C)[C@](C#N)(c2ccc(C)cc2F)[C@H]1c1cccc(Cl)c1F. The zero-order valence-corrected chi connectivity index (χ0v) is 46.3. The van der Waals surface area contributed by atoms with Crippen molar-refractivity contribution in [2.45, 2.75) is 109 Å². The number of alkyl halides is 3. The van der Waals surface area contributed by atoms with Crippen LogP contribution >= 0.6 is 23.8 Å². The predicted octanol–water partition coefficient (Wildman–Crippen LogP) is 12.1. The molecule has 13 nitrogen and oxygen atoms in total. The lowest BCUT2D eigenvalue weighted by molar-refractivity contribution is -0.137. The zero-order chi connectivity index (χ0) is 57.6. The minimum atomic E-state index is -4.81. The van der Waals surface area contributed by atoms with Crippen LogP contribution in [0.3, 0.4) is 0 Å². The van der Waals surface area contributed by atoms with E-state index in [0.717, 1.165) is 36.3 Å². The standard InChI is InChI=1S/C59H61ClF5N7O6S/c1-35-15-23-42(45(61)29-35)58(34-67)48(32-56(2,3)4)70-51(49(58)41-13-11-14-44(60)50(41)62)53(74)69-46-24-17-36(30-47(46)76-7)52(73)68-25-12-27-77-26-9-8-10-28-78-40-21-19-38(20-22-40)72-55(79)71(54(75)57(72,5)6)39-18-16-37(33-66)43(31-39)59(63,64)65/h11,13-24,29-31,48-49,51,70H,8-10,12,25-28,32H2,1-7H3,(H,68,73)(H,69,74)/t48-,49-,51?,58-/m0/s1. The van der Waals surface area contributed by atoms with Crippen LogP contribution in [0, 0.1) is 46.6 Å². The van der Waals surface area contributed by atoms with E-state index in [1.165, 1.54) is 61.7 Å². The summed E-state index contributed by atoms with van der Waals surface area (Å²) < 4.78 is 90.9. The van der Waals surface area contributed by atoms with Crippen molar-refractivity contribution in [3.05, 3.63) is 147 Å². The minimum Gasteiger partial charge on any atom is -0.495 e. The predicted molar refractivity (Wildman–Crippen MR) is 295 cm³/mol. The first-order chi connectivity index (χ1) is 37.4. The minimum absolute atomic E-state index is 0.0104. The monoisotopic (exact) mass is 1130 g/mol. The molecule has 0 spiro atoms. The third-order valence-electron chi connectivity index (χ3n) is 14.0. The van der Waals surface area contributed by atoms with Crippen LogP contribution in [-0.4, -0.2) is 73.9 Å². The molecular weight excluding hydrogens is 1070 g/mol. The molecule has 0 bridgehead atoms. The third-order valence-corrected chi connectivity index (χ3v) is 14.7. The van der Waals surface area contributed by atoms with Crippen molar-refractivity contribution in [3.8, 4) is 23.6 Å². The molecule has 3 amide bonds. The number of ether oxygens (including phenoxy) is 3. The van der Waals surface area contributed by atoms with Gasteiger partial charge in [0.15, 0.2) is 5.11 Å². The summed E-state index contributed by atoms with van der Waals surface area (Å²) in [5.74, 6) is -3.56. The van der Waals surface area contributed by atoms with E-state index < -0.39 is 75.1 Å². The third kappa shape index (κ3) is 12.8. The van der Waals surface area contributed by atoms with Gasteiger partial charge in [-0.3, -0.25) is 19.3 Å². The summed E-state index contributed by atoms with van der Waals surface area (Å²) in [6.07, 6.45) is -1.64. The number of carbonyl (C=O) groups is 3. The molecule has 5 aromatic rings. The molecule has 0 aliphatic carbocycles. The average Bonchev–Trinajstić information content (AvgIpc) is 3.64. The van der Waals surface area contributed by atoms with Crippen molar-refractivity contribution >= 4 is 63.7 Å². The van der Waals surface area contributed by atoms with Gasteiger partial charge in [-0.05, 0) is 154 Å². The quantitative estimate of drug-likeness (QED) is 0.0385. The average molecular weight is 1130 g/mol. The highest BCUT2D eigenvalue weighted by Crippen LogP contribution is 2.53. The van der Waals surface area contributed by atoms with E-state index in [1.807, 2.05) is 20.8 Å². The summed E-state index contributed by atoms with van der Waals surface area (Å²) in [6.45, 7) is 12.5. The van der Waals surface area contributed by atoms with Crippen molar-refractivity contribution in [1.82, 2.24) is 10.6 Å². The molecule has 1 unspecified atom stereocenters. The van der Waals surface area contributed by atoms with Crippen LogP contribution in [-0.2, 0) is 25.9 Å². The molecule has 2 fully saturated rings. The molecule has 2 aliphatic rings. The van der Waals surface area contributed by atoms with Crippen LogP contribution in [0.2, 0.25) is 5.02 Å². The molecule has 0 saturated carbocycles. The lowest BCUT2D eigenvalue weighted by Gasteiger charge is -2.37. The van der Waals surface area contributed by atoms with Crippen LogP contribution in [0.25, 0.3) is 0 Å². The Balaban J connectivity index is 0.869. The molecule has 3 N–H and O–H groups in total. The number of anilines is 3. The normalized spacial score (nSPS) is 19.0.